The average molecular weight is 503 g/mol. The summed E-state index contributed by atoms with van der Waals surface area (Å²) in [6, 6.07) is 7.42. The molecule has 2 aromatic carbocycles. The SMILES string of the molecule is CCOC(=O)C(=O)Nc1cc(C)c(Oc2ccc(O)c(C(=O)NCCC3CCCCC3)c2)c(Cl)c1. The van der Waals surface area contributed by atoms with E-state index in [4.69, 9.17) is 16.3 Å². The Bertz CT molecular complexity index is 1060. The average Bonchev–Trinajstić information content (AvgIpc) is 2.83. The molecule has 188 valence electrons. The number of nitrogens with one attached hydrogen (secondary N) is 2. The first-order valence-electron chi connectivity index (χ1n) is 11.9. The van der Waals surface area contributed by atoms with Gasteiger partial charge in [-0.25, -0.2) is 4.79 Å². The minimum Gasteiger partial charge on any atom is -0.507 e. The zero-order valence-corrected chi connectivity index (χ0v) is 20.7. The number of phenolic OH excluding ortho intramolecular Hbond substituents is 1. The van der Waals surface area contributed by atoms with Gasteiger partial charge in [-0.1, -0.05) is 43.7 Å². The van der Waals surface area contributed by atoms with Gasteiger partial charge in [0.05, 0.1) is 17.2 Å². The summed E-state index contributed by atoms with van der Waals surface area (Å²) in [6.07, 6.45) is 7.12. The number of anilines is 1. The van der Waals surface area contributed by atoms with Gasteiger partial charge in [-0.3, -0.25) is 9.59 Å². The van der Waals surface area contributed by atoms with E-state index < -0.39 is 11.9 Å². The second kappa shape index (κ2) is 12.4. The van der Waals surface area contributed by atoms with Crippen LogP contribution in [0.3, 0.4) is 0 Å². The van der Waals surface area contributed by atoms with E-state index in [9.17, 15) is 19.5 Å². The molecule has 0 unspecified atom stereocenters. The molecule has 0 aromatic heterocycles. The fourth-order valence-corrected chi connectivity index (χ4v) is 4.46. The van der Waals surface area contributed by atoms with E-state index in [0.717, 1.165) is 6.42 Å². The van der Waals surface area contributed by atoms with Gasteiger partial charge in [-0.2, -0.15) is 0 Å². The molecule has 0 saturated heterocycles. The van der Waals surface area contributed by atoms with Crippen LogP contribution in [0.4, 0.5) is 5.69 Å². The van der Waals surface area contributed by atoms with Gasteiger partial charge in [0, 0.05) is 12.2 Å². The van der Waals surface area contributed by atoms with Crippen LogP contribution >= 0.6 is 11.6 Å². The Labute approximate surface area is 210 Å². The number of halogens is 1. The monoisotopic (exact) mass is 502 g/mol. The van der Waals surface area contributed by atoms with E-state index in [-0.39, 0.29) is 28.8 Å². The quantitative estimate of drug-likeness (QED) is 0.331. The van der Waals surface area contributed by atoms with Crippen LogP contribution < -0.4 is 15.4 Å². The molecular formula is C26H31ClN2O6. The second-order valence-electron chi connectivity index (χ2n) is 8.61. The third kappa shape index (κ3) is 7.36. The Balaban J connectivity index is 1.66. The first kappa shape index (κ1) is 26.3. The molecular weight excluding hydrogens is 472 g/mol. The lowest BCUT2D eigenvalue weighted by Gasteiger charge is -2.21. The number of aromatic hydroxyl groups is 1. The van der Waals surface area contributed by atoms with Crippen molar-refractivity contribution >= 4 is 35.1 Å². The maximum Gasteiger partial charge on any atom is 0.397 e. The smallest absolute Gasteiger partial charge is 0.397 e. The lowest BCUT2D eigenvalue weighted by atomic mass is 9.87. The number of ether oxygens (including phenoxy) is 2. The standard InChI is InChI=1S/C26H31ClN2O6/c1-3-34-26(33)25(32)29-18-13-16(2)23(21(27)14-18)35-19-9-10-22(30)20(15-19)24(31)28-12-11-17-7-5-4-6-8-17/h9-10,13-15,17,30H,3-8,11-12H2,1-2H3,(H,28,31)(H,29,32). The van der Waals surface area contributed by atoms with Crippen LogP contribution in [0.2, 0.25) is 5.02 Å². The Morgan fingerprint density at radius 2 is 1.86 bits per heavy atom. The van der Waals surface area contributed by atoms with Crippen molar-refractivity contribution in [2.75, 3.05) is 18.5 Å². The van der Waals surface area contributed by atoms with Crippen LogP contribution in [-0.4, -0.2) is 36.0 Å². The summed E-state index contributed by atoms with van der Waals surface area (Å²) in [4.78, 5) is 36.1. The first-order chi connectivity index (χ1) is 16.8. The number of carbonyl (C=O) groups is 3. The molecule has 35 heavy (non-hydrogen) atoms. The topological polar surface area (TPSA) is 114 Å². The first-order valence-corrected chi connectivity index (χ1v) is 12.2. The predicted octanol–water partition coefficient (Wildman–Crippen LogP) is 5.35. The van der Waals surface area contributed by atoms with Crippen LogP contribution in [0, 0.1) is 12.8 Å². The van der Waals surface area contributed by atoms with Crippen LogP contribution in [0.15, 0.2) is 30.3 Å². The molecule has 8 nitrogen and oxygen atoms in total. The van der Waals surface area contributed by atoms with Crippen molar-refractivity contribution in [2.24, 2.45) is 5.92 Å². The molecule has 1 saturated carbocycles. The second-order valence-corrected chi connectivity index (χ2v) is 9.02. The third-order valence-electron chi connectivity index (χ3n) is 5.94. The summed E-state index contributed by atoms with van der Waals surface area (Å²) in [5.41, 5.74) is 1.00. The molecule has 1 aliphatic carbocycles. The molecule has 0 atom stereocenters. The van der Waals surface area contributed by atoms with Crippen molar-refractivity contribution < 1.29 is 29.0 Å². The van der Waals surface area contributed by atoms with E-state index in [1.165, 1.54) is 56.4 Å². The molecule has 2 amide bonds. The van der Waals surface area contributed by atoms with Crippen LogP contribution in [-0.2, 0) is 14.3 Å². The van der Waals surface area contributed by atoms with Crippen molar-refractivity contribution in [1.82, 2.24) is 5.32 Å². The van der Waals surface area contributed by atoms with Crippen LogP contribution in [0.25, 0.3) is 0 Å². The summed E-state index contributed by atoms with van der Waals surface area (Å²) in [6.45, 7) is 3.97. The Hall–Kier alpha value is -3.26. The molecule has 9 heteroatoms. The molecule has 0 spiro atoms. The summed E-state index contributed by atoms with van der Waals surface area (Å²) in [7, 11) is 0. The number of hydrogen-bond donors (Lipinski definition) is 3. The number of esters is 1. The molecule has 3 rings (SSSR count). The lowest BCUT2D eigenvalue weighted by molar-refractivity contribution is -0.152. The highest BCUT2D eigenvalue weighted by atomic mass is 35.5. The summed E-state index contributed by atoms with van der Waals surface area (Å²) in [5.74, 6) is -1.15. The van der Waals surface area contributed by atoms with Gasteiger partial charge in [-0.15, -0.1) is 0 Å². The number of amides is 2. The molecule has 3 N–H and O–H groups in total. The van der Waals surface area contributed by atoms with Gasteiger partial charge >= 0.3 is 11.9 Å². The molecule has 0 aliphatic heterocycles. The highest BCUT2D eigenvalue weighted by molar-refractivity contribution is 6.37. The Morgan fingerprint density at radius 3 is 2.54 bits per heavy atom. The Kier molecular flexibility index (Phi) is 9.37. The number of rotatable bonds is 8. The minimum absolute atomic E-state index is 0.0893. The summed E-state index contributed by atoms with van der Waals surface area (Å²) >= 11 is 6.36. The van der Waals surface area contributed by atoms with E-state index in [1.54, 1.807) is 19.9 Å². The fraction of sp³-hybridized carbons (Fsp3) is 0.423. The van der Waals surface area contributed by atoms with Crippen molar-refractivity contribution in [2.45, 2.75) is 52.4 Å². The number of aryl methyl sites for hydroxylation is 1. The largest absolute Gasteiger partial charge is 0.507 e. The van der Waals surface area contributed by atoms with Crippen molar-refractivity contribution in [1.29, 1.82) is 0 Å². The van der Waals surface area contributed by atoms with Crippen molar-refractivity contribution in [3.8, 4) is 17.2 Å². The van der Waals surface area contributed by atoms with Gasteiger partial charge < -0.3 is 25.2 Å². The minimum atomic E-state index is -0.991. The normalized spacial score (nSPS) is 13.7. The molecule has 0 radical (unpaired) electrons. The van der Waals surface area contributed by atoms with Gasteiger partial charge in [0.1, 0.15) is 17.2 Å². The fourth-order valence-electron chi connectivity index (χ4n) is 4.15. The molecule has 0 heterocycles. The van der Waals surface area contributed by atoms with E-state index in [2.05, 4.69) is 15.4 Å². The van der Waals surface area contributed by atoms with Gasteiger partial charge in [0.2, 0.25) is 0 Å². The van der Waals surface area contributed by atoms with Crippen LogP contribution in [0.5, 0.6) is 17.2 Å². The zero-order chi connectivity index (χ0) is 25.4. The van der Waals surface area contributed by atoms with Crippen molar-refractivity contribution in [3.05, 3.63) is 46.5 Å². The maximum atomic E-state index is 12.7. The molecule has 2 aromatic rings. The number of hydrogen-bond acceptors (Lipinski definition) is 6. The highest BCUT2D eigenvalue weighted by Gasteiger charge is 2.19. The third-order valence-corrected chi connectivity index (χ3v) is 6.22. The highest BCUT2D eigenvalue weighted by Crippen LogP contribution is 2.36. The number of benzene rings is 2. The molecule has 1 aliphatic rings. The van der Waals surface area contributed by atoms with E-state index >= 15 is 0 Å². The maximum absolute atomic E-state index is 12.7. The van der Waals surface area contributed by atoms with E-state index in [1.807, 2.05) is 0 Å². The van der Waals surface area contributed by atoms with Crippen molar-refractivity contribution in [3.63, 3.8) is 0 Å². The number of phenols is 1. The van der Waals surface area contributed by atoms with Gasteiger partial charge in [-0.05, 0) is 62.1 Å². The zero-order valence-electron chi connectivity index (χ0n) is 20.0. The number of carbonyl (C=O) groups excluding carboxylic acids is 3. The van der Waals surface area contributed by atoms with E-state index in [0.29, 0.717) is 35.2 Å². The summed E-state index contributed by atoms with van der Waals surface area (Å²) < 4.78 is 10.6. The molecule has 0 bridgehead atoms. The van der Waals surface area contributed by atoms with Crippen LogP contribution in [0.1, 0.15) is 61.4 Å². The predicted molar refractivity (Wildman–Crippen MR) is 133 cm³/mol. The Morgan fingerprint density at radius 1 is 1.11 bits per heavy atom. The lowest BCUT2D eigenvalue weighted by Crippen LogP contribution is -2.26. The van der Waals surface area contributed by atoms with Gasteiger partial charge in [0.15, 0.2) is 0 Å². The summed E-state index contributed by atoms with van der Waals surface area (Å²) in [5, 5.41) is 15.7. The molecule has 1 fully saturated rings. The van der Waals surface area contributed by atoms with Gasteiger partial charge in [0.25, 0.3) is 5.91 Å².